The minimum Gasteiger partial charge on any atom is -0.496 e. The Balaban J connectivity index is 1.77. The van der Waals surface area contributed by atoms with E-state index in [2.05, 4.69) is 10.1 Å². The highest BCUT2D eigenvalue weighted by Gasteiger charge is 2.28. The number of rotatable bonds is 4. The van der Waals surface area contributed by atoms with Gasteiger partial charge in [0.2, 0.25) is 5.89 Å². The molecule has 0 bridgehead atoms. The zero-order valence-corrected chi connectivity index (χ0v) is 12.0. The van der Waals surface area contributed by atoms with Crippen LogP contribution in [0.25, 0.3) is 0 Å². The molecule has 0 aliphatic heterocycles. The Labute approximate surface area is 123 Å². The summed E-state index contributed by atoms with van der Waals surface area (Å²) in [5.41, 5.74) is 1.00. The molecule has 1 aromatic carbocycles. The van der Waals surface area contributed by atoms with Crippen molar-refractivity contribution in [2.45, 2.75) is 38.0 Å². The zero-order valence-electron chi connectivity index (χ0n) is 12.0. The molecular formula is C16H18N2O3. The molecule has 1 aliphatic carbocycles. The maximum atomic E-state index is 11.9. The van der Waals surface area contributed by atoms with Crippen molar-refractivity contribution in [1.82, 2.24) is 10.1 Å². The predicted molar refractivity (Wildman–Crippen MR) is 76.3 cm³/mol. The van der Waals surface area contributed by atoms with Gasteiger partial charge >= 0.3 is 0 Å². The maximum absolute atomic E-state index is 11.9. The fourth-order valence-corrected chi connectivity index (χ4v) is 2.74. The summed E-state index contributed by atoms with van der Waals surface area (Å²) in [6.07, 6.45) is 3.98. The minimum atomic E-state index is -0.210. The Bertz CT molecular complexity index is 636. The molecule has 110 valence electrons. The van der Waals surface area contributed by atoms with Gasteiger partial charge in [-0.1, -0.05) is 29.8 Å². The third kappa shape index (κ3) is 2.96. The van der Waals surface area contributed by atoms with Crippen LogP contribution in [0.2, 0.25) is 0 Å². The maximum Gasteiger partial charge on any atom is 0.237 e. The summed E-state index contributed by atoms with van der Waals surface area (Å²) >= 11 is 0. The summed E-state index contributed by atoms with van der Waals surface area (Å²) in [4.78, 5) is 16.3. The van der Waals surface area contributed by atoms with Crippen molar-refractivity contribution in [2.75, 3.05) is 7.11 Å². The quantitative estimate of drug-likeness (QED) is 0.864. The molecule has 0 saturated heterocycles. The number of nitrogens with zero attached hydrogens (tertiary/aromatic N) is 2. The highest BCUT2D eigenvalue weighted by Crippen LogP contribution is 2.29. The molecule has 5 heteroatoms. The van der Waals surface area contributed by atoms with Gasteiger partial charge in [0.15, 0.2) is 5.82 Å². The van der Waals surface area contributed by atoms with E-state index < -0.39 is 0 Å². The van der Waals surface area contributed by atoms with Crippen LogP contribution in [0, 0.1) is 0 Å². The largest absolute Gasteiger partial charge is 0.496 e. The summed E-state index contributed by atoms with van der Waals surface area (Å²) in [5, 5.41) is 4.00. The lowest BCUT2D eigenvalue weighted by Gasteiger charge is -2.16. The number of ether oxygens (including phenoxy) is 1. The van der Waals surface area contributed by atoms with Gasteiger partial charge in [0.25, 0.3) is 0 Å². The Morgan fingerprint density at radius 3 is 3.00 bits per heavy atom. The molecule has 0 radical (unpaired) electrons. The molecule has 1 atom stereocenters. The van der Waals surface area contributed by atoms with E-state index in [4.69, 9.17) is 9.26 Å². The van der Waals surface area contributed by atoms with Crippen molar-refractivity contribution in [3.63, 3.8) is 0 Å². The Morgan fingerprint density at radius 2 is 2.19 bits per heavy atom. The van der Waals surface area contributed by atoms with Gasteiger partial charge in [-0.05, 0) is 18.9 Å². The second kappa shape index (κ2) is 6.08. The van der Waals surface area contributed by atoms with Crippen LogP contribution < -0.4 is 4.74 Å². The van der Waals surface area contributed by atoms with Crippen LogP contribution in [0.5, 0.6) is 5.75 Å². The van der Waals surface area contributed by atoms with Crippen molar-refractivity contribution in [3.8, 4) is 5.75 Å². The van der Waals surface area contributed by atoms with Crippen molar-refractivity contribution >= 4 is 5.78 Å². The molecule has 1 aromatic heterocycles. The molecule has 1 aliphatic rings. The summed E-state index contributed by atoms with van der Waals surface area (Å²) in [5.74, 6) is 1.86. The molecule has 0 amide bonds. The zero-order chi connectivity index (χ0) is 14.7. The van der Waals surface area contributed by atoms with Gasteiger partial charge in [-0.25, -0.2) is 0 Å². The number of Topliss-reactive ketones (excluding diaryl/α,β-unsaturated/α-hetero) is 1. The van der Waals surface area contributed by atoms with Gasteiger partial charge in [-0.2, -0.15) is 4.98 Å². The summed E-state index contributed by atoms with van der Waals surface area (Å²) in [7, 11) is 1.64. The van der Waals surface area contributed by atoms with Crippen LogP contribution in [-0.2, 0) is 11.2 Å². The molecule has 1 saturated carbocycles. The number of ketones is 1. The van der Waals surface area contributed by atoms with Crippen molar-refractivity contribution < 1.29 is 14.1 Å². The molecule has 0 spiro atoms. The fourth-order valence-electron chi connectivity index (χ4n) is 2.74. The number of methoxy groups -OCH3 is 1. The first-order valence-electron chi connectivity index (χ1n) is 7.25. The molecule has 2 aromatic rings. The second-order valence-electron chi connectivity index (χ2n) is 5.30. The monoisotopic (exact) mass is 286 g/mol. The van der Waals surface area contributed by atoms with E-state index >= 15 is 0 Å². The first-order valence-corrected chi connectivity index (χ1v) is 7.25. The lowest BCUT2D eigenvalue weighted by Crippen LogP contribution is -2.17. The van der Waals surface area contributed by atoms with Gasteiger partial charge in [0.1, 0.15) is 11.5 Å². The van der Waals surface area contributed by atoms with E-state index in [0.29, 0.717) is 24.6 Å². The smallest absolute Gasteiger partial charge is 0.237 e. The van der Waals surface area contributed by atoms with Crippen LogP contribution in [0.4, 0.5) is 0 Å². The highest BCUT2D eigenvalue weighted by atomic mass is 16.5. The molecule has 3 rings (SSSR count). The normalized spacial score (nSPS) is 18.7. The lowest BCUT2D eigenvalue weighted by atomic mass is 9.88. The first kappa shape index (κ1) is 13.8. The number of para-hydroxylation sites is 1. The number of hydrogen-bond donors (Lipinski definition) is 0. The van der Waals surface area contributed by atoms with Crippen LogP contribution in [0.15, 0.2) is 28.8 Å². The molecule has 1 unspecified atom stereocenters. The van der Waals surface area contributed by atoms with Crippen LogP contribution in [0.3, 0.4) is 0 Å². The average molecular weight is 286 g/mol. The van der Waals surface area contributed by atoms with E-state index in [-0.39, 0.29) is 11.7 Å². The number of hydrogen-bond acceptors (Lipinski definition) is 5. The third-order valence-electron chi connectivity index (χ3n) is 3.88. The second-order valence-corrected chi connectivity index (χ2v) is 5.30. The van der Waals surface area contributed by atoms with Gasteiger partial charge < -0.3 is 9.26 Å². The topological polar surface area (TPSA) is 65.2 Å². The minimum absolute atomic E-state index is 0.210. The van der Waals surface area contributed by atoms with E-state index in [0.717, 1.165) is 30.6 Å². The molecule has 21 heavy (non-hydrogen) atoms. The fraction of sp³-hybridized carbons (Fsp3) is 0.438. The van der Waals surface area contributed by atoms with Crippen LogP contribution in [0.1, 0.15) is 48.9 Å². The SMILES string of the molecule is COc1ccccc1Cc1noc(C2CCCCC2=O)n1. The van der Waals surface area contributed by atoms with E-state index in [1.807, 2.05) is 24.3 Å². The summed E-state index contributed by atoms with van der Waals surface area (Å²) in [6, 6.07) is 7.75. The summed E-state index contributed by atoms with van der Waals surface area (Å²) < 4.78 is 10.6. The molecule has 5 nitrogen and oxygen atoms in total. The molecule has 1 heterocycles. The standard InChI is InChI=1S/C16H18N2O3/c1-20-14-9-5-2-6-11(14)10-15-17-16(21-18-15)12-7-3-4-8-13(12)19/h2,5-6,9,12H,3-4,7-8,10H2,1H3. The predicted octanol–water partition coefficient (Wildman–Crippen LogP) is 2.90. The van der Waals surface area contributed by atoms with Crippen molar-refractivity contribution in [1.29, 1.82) is 0 Å². The van der Waals surface area contributed by atoms with Crippen molar-refractivity contribution in [2.24, 2.45) is 0 Å². The van der Waals surface area contributed by atoms with Gasteiger partial charge in [-0.3, -0.25) is 4.79 Å². The lowest BCUT2D eigenvalue weighted by molar-refractivity contribution is -0.122. The van der Waals surface area contributed by atoms with Crippen molar-refractivity contribution in [3.05, 3.63) is 41.5 Å². The van der Waals surface area contributed by atoms with Gasteiger partial charge in [0.05, 0.1) is 13.0 Å². The van der Waals surface area contributed by atoms with Crippen LogP contribution in [-0.4, -0.2) is 23.0 Å². The number of aromatic nitrogens is 2. The number of carbonyl (C=O) groups excluding carboxylic acids is 1. The van der Waals surface area contributed by atoms with Crippen LogP contribution >= 0.6 is 0 Å². The highest BCUT2D eigenvalue weighted by molar-refractivity contribution is 5.85. The van der Waals surface area contributed by atoms with Gasteiger partial charge in [0, 0.05) is 18.4 Å². The molecule has 0 N–H and O–H groups in total. The number of benzene rings is 1. The van der Waals surface area contributed by atoms with E-state index in [1.165, 1.54) is 0 Å². The Morgan fingerprint density at radius 1 is 1.33 bits per heavy atom. The summed E-state index contributed by atoms with van der Waals surface area (Å²) in [6.45, 7) is 0. The third-order valence-corrected chi connectivity index (χ3v) is 3.88. The Kier molecular flexibility index (Phi) is 3.99. The average Bonchev–Trinajstić information content (AvgIpc) is 2.96. The first-order chi connectivity index (χ1) is 10.3. The number of carbonyl (C=O) groups is 1. The van der Waals surface area contributed by atoms with E-state index in [9.17, 15) is 4.79 Å². The van der Waals surface area contributed by atoms with Gasteiger partial charge in [-0.15, -0.1) is 0 Å². The Hall–Kier alpha value is -2.17. The molecular weight excluding hydrogens is 268 g/mol. The molecule has 1 fully saturated rings. The van der Waals surface area contributed by atoms with E-state index in [1.54, 1.807) is 7.11 Å².